The summed E-state index contributed by atoms with van der Waals surface area (Å²) in [5.74, 6) is 0.802. The van der Waals surface area contributed by atoms with E-state index in [2.05, 4.69) is 0 Å². The number of benzene rings is 1. The van der Waals surface area contributed by atoms with E-state index in [0.717, 1.165) is 37.0 Å². The Morgan fingerprint density at radius 2 is 2.04 bits per heavy atom. The Morgan fingerprint density at radius 1 is 1.29 bits per heavy atom. The van der Waals surface area contributed by atoms with Crippen molar-refractivity contribution in [3.05, 3.63) is 23.8 Å². The lowest BCUT2D eigenvalue weighted by Crippen LogP contribution is -2.41. The average molecular weight is 377 g/mol. The number of nitrogens with two attached hydrogens (primary N) is 1. The van der Waals surface area contributed by atoms with Crippen LogP contribution in [-0.4, -0.2) is 51.7 Å². The number of rotatable bonds is 6. The molecule has 0 amide bonds. The molecule has 0 atom stereocenters. The van der Waals surface area contributed by atoms with Crippen LogP contribution in [0.2, 0.25) is 0 Å². The third kappa shape index (κ3) is 4.21. The second-order valence-corrected chi connectivity index (χ2v) is 7.92. The second kappa shape index (κ2) is 8.49. The monoisotopic (exact) mass is 376 g/mol. The molecule has 2 heterocycles. The molecule has 0 aliphatic carbocycles. The Balaban J connectivity index is 0.00000208. The van der Waals surface area contributed by atoms with Gasteiger partial charge in [0.1, 0.15) is 5.75 Å². The van der Waals surface area contributed by atoms with Gasteiger partial charge in [-0.15, -0.1) is 12.4 Å². The highest BCUT2D eigenvalue weighted by Gasteiger charge is 2.30. The van der Waals surface area contributed by atoms with Crippen LogP contribution >= 0.6 is 12.4 Å². The van der Waals surface area contributed by atoms with Crippen LogP contribution in [0.15, 0.2) is 23.1 Å². The maximum absolute atomic E-state index is 12.8. The van der Waals surface area contributed by atoms with Crippen LogP contribution in [0.1, 0.15) is 24.8 Å². The SMILES string of the molecule is Cl.NCCCOC1CCN(S(=O)(=O)c2ccc3c(c2)CCO3)CC1. The summed E-state index contributed by atoms with van der Waals surface area (Å²) in [4.78, 5) is 0.365. The maximum Gasteiger partial charge on any atom is 0.243 e. The minimum absolute atomic E-state index is 0. The van der Waals surface area contributed by atoms with E-state index in [1.165, 1.54) is 0 Å². The van der Waals surface area contributed by atoms with Crippen molar-refractivity contribution >= 4 is 22.4 Å². The fourth-order valence-corrected chi connectivity index (χ4v) is 4.57. The lowest BCUT2D eigenvalue weighted by atomic mass is 10.1. The average Bonchev–Trinajstić information content (AvgIpc) is 3.03. The molecule has 24 heavy (non-hydrogen) atoms. The van der Waals surface area contributed by atoms with E-state index in [4.69, 9.17) is 15.2 Å². The molecule has 136 valence electrons. The van der Waals surface area contributed by atoms with Gasteiger partial charge in [-0.2, -0.15) is 4.31 Å². The molecule has 0 unspecified atom stereocenters. The Morgan fingerprint density at radius 3 is 2.75 bits per heavy atom. The zero-order valence-corrected chi connectivity index (χ0v) is 15.3. The zero-order valence-electron chi connectivity index (χ0n) is 13.6. The lowest BCUT2D eigenvalue weighted by Gasteiger charge is -2.31. The van der Waals surface area contributed by atoms with Crippen LogP contribution in [0, 0.1) is 0 Å². The third-order valence-corrected chi connectivity index (χ3v) is 6.30. The fraction of sp³-hybridized carbons (Fsp3) is 0.625. The minimum Gasteiger partial charge on any atom is -0.493 e. The molecule has 3 rings (SSSR count). The van der Waals surface area contributed by atoms with Gasteiger partial charge in [0.15, 0.2) is 0 Å². The molecule has 0 saturated carbocycles. The van der Waals surface area contributed by atoms with E-state index >= 15 is 0 Å². The van der Waals surface area contributed by atoms with Crippen molar-refractivity contribution in [1.29, 1.82) is 0 Å². The van der Waals surface area contributed by atoms with E-state index < -0.39 is 10.0 Å². The molecule has 0 radical (unpaired) electrons. The summed E-state index contributed by atoms with van der Waals surface area (Å²) in [6.07, 6.45) is 3.22. The smallest absolute Gasteiger partial charge is 0.243 e. The molecule has 2 aliphatic rings. The van der Waals surface area contributed by atoms with Crippen LogP contribution in [0.5, 0.6) is 5.75 Å². The largest absolute Gasteiger partial charge is 0.493 e. The number of nitrogens with zero attached hydrogens (tertiary/aromatic N) is 1. The summed E-state index contributed by atoms with van der Waals surface area (Å²) in [5.41, 5.74) is 6.43. The predicted molar refractivity (Wildman–Crippen MR) is 94.3 cm³/mol. The molecule has 1 fully saturated rings. The van der Waals surface area contributed by atoms with Gasteiger partial charge in [0.05, 0.1) is 17.6 Å². The van der Waals surface area contributed by atoms with Gasteiger partial charge in [-0.05, 0) is 49.6 Å². The molecular formula is C16H25ClN2O4S. The Kier molecular flexibility index (Phi) is 6.88. The number of piperidine rings is 1. The molecule has 0 spiro atoms. The number of hydrogen-bond donors (Lipinski definition) is 1. The van der Waals surface area contributed by atoms with Gasteiger partial charge in [-0.3, -0.25) is 0 Å². The van der Waals surface area contributed by atoms with Crippen LogP contribution in [0.25, 0.3) is 0 Å². The molecule has 2 aliphatic heterocycles. The van der Waals surface area contributed by atoms with Crippen molar-refractivity contribution in [2.24, 2.45) is 5.73 Å². The van der Waals surface area contributed by atoms with E-state index in [1.807, 2.05) is 0 Å². The van der Waals surface area contributed by atoms with Crippen molar-refractivity contribution in [2.45, 2.75) is 36.7 Å². The van der Waals surface area contributed by atoms with Crippen LogP contribution in [0.3, 0.4) is 0 Å². The van der Waals surface area contributed by atoms with Gasteiger partial charge in [0.25, 0.3) is 0 Å². The number of fused-ring (bicyclic) bond motifs is 1. The Hall–Kier alpha value is -0.860. The van der Waals surface area contributed by atoms with Gasteiger partial charge in [0.2, 0.25) is 10.0 Å². The highest BCUT2D eigenvalue weighted by Crippen LogP contribution is 2.30. The van der Waals surface area contributed by atoms with Gasteiger partial charge < -0.3 is 15.2 Å². The summed E-state index contributed by atoms with van der Waals surface area (Å²) in [6.45, 7) is 2.91. The van der Waals surface area contributed by atoms with Crippen LogP contribution in [-0.2, 0) is 21.2 Å². The standard InChI is InChI=1S/C16H24N2O4S.ClH/c17-7-1-10-21-14-4-8-18(9-5-14)23(19,20)15-2-3-16-13(12-15)6-11-22-16;/h2-3,12,14H,1,4-11,17H2;1H. The van der Waals surface area contributed by atoms with E-state index in [9.17, 15) is 8.42 Å². The Bertz CT molecular complexity index is 645. The highest BCUT2D eigenvalue weighted by molar-refractivity contribution is 7.89. The quantitative estimate of drug-likeness (QED) is 0.762. The first kappa shape index (κ1) is 19.5. The zero-order chi connectivity index (χ0) is 16.3. The lowest BCUT2D eigenvalue weighted by molar-refractivity contribution is 0.0209. The normalized spacial score (nSPS) is 18.7. The fourth-order valence-electron chi connectivity index (χ4n) is 3.04. The van der Waals surface area contributed by atoms with Crippen molar-refractivity contribution in [2.75, 3.05) is 32.8 Å². The summed E-state index contributed by atoms with van der Waals surface area (Å²) < 4.78 is 38.3. The van der Waals surface area contributed by atoms with E-state index in [0.29, 0.717) is 37.7 Å². The van der Waals surface area contributed by atoms with E-state index in [-0.39, 0.29) is 18.5 Å². The molecule has 1 saturated heterocycles. The van der Waals surface area contributed by atoms with Gasteiger partial charge >= 0.3 is 0 Å². The summed E-state index contributed by atoms with van der Waals surface area (Å²) >= 11 is 0. The van der Waals surface area contributed by atoms with Crippen molar-refractivity contribution in [3.8, 4) is 5.75 Å². The molecule has 0 bridgehead atoms. The highest BCUT2D eigenvalue weighted by atomic mass is 35.5. The van der Waals surface area contributed by atoms with Gasteiger partial charge in [0, 0.05) is 26.1 Å². The second-order valence-electron chi connectivity index (χ2n) is 5.98. The van der Waals surface area contributed by atoms with Crippen molar-refractivity contribution in [1.82, 2.24) is 4.31 Å². The molecule has 2 N–H and O–H groups in total. The molecule has 0 aromatic heterocycles. The summed E-state index contributed by atoms with van der Waals surface area (Å²) in [6, 6.07) is 5.16. The summed E-state index contributed by atoms with van der Waals surface area (Å²) in [5, 5.41) is 0. The van der Waals surface area contributed by atoms with Crippen LogP contribution < -0.4 is 10.5 Å². The van der Waals surface area contributed by atoms with Crippen LogP contribution in [0.4, 0.5) is 0 Å². The number of halogens is 1. The number of sulfonamides is 1. The third-order valence-electron chi connectivity index (χ3n) is 4.40. The molecular weight excluding hydrogens is 352 g/mol. The first-order chi connectivity index (χ1) is 11.1. The first-order valence-electron chi connectivity index (χ1n) is 8.19. The number of ether oxygens (including phenoxy) is 2. The minimum atomic E-state index is -3.43. The van der Waals surface area contributed by atoms with Gasteiger partial charge in [-0.25, -0.2) is 8.42 Å². The first-order valence-corrected chi connectivity index (χ1v) is 9.63. The molecule has 1 aromatic carbocycles. The topological polar surface area (TPSA) is 81.9 Å². The van der Waals surface area contributed by atoms with Crippen molar-refractivity contribution < 1.29 is 17.9 Å². The molecule has 6 nitrogen and oxygen atoms in total. The van der Waals surface area contributed by atoms with E-state index in [1.54, 1.807) is 22.5 Å². The number of hydrogen-bond acceptors (Lipinski definition) is 5. The Labute approximate surface area is 149 Å². The predicted octanol–water partition coefficient (Wildman–Crippen LogP) is 1.56. The molecule has 1 aromatic rings. The van der Waals surface area contributed by atoms with Crippen molar-refractivity contribution in [3.63, 3.8) is 0 Å². The maximum atomic E-state index is 12.8. The molecule has 8 heteroatoms. The van der Waals surface area contributed by atoms with Gasteiger partial charge in [-0.1, -0.05) is 0 Å². The summed E-state index contributed by atoms with van der Waals surface area (Å²) in [7, 11) is -3.43.